The molecule has 0 aliphatic carbocycles. The lowest BCUT2D eigenvalue weighted by Gasteiger charge is -2.14. The number of alkyl halides is 3. The molecule has 0 bridgehead atoms. The summed E-state index contributed by atoms with van der Waals surface area (Å²) in [6, 6.07) is 4.93. The van der Waals surface area contributed by atoms with Gasteiger partial charge in [-0.2, -0.15) is 13.2 Å². The average molecular weight is 314 g/mol. The van der Waals surface area contributed by atoms with Crippen LogP contribution in [0.4, 0.5) is 24.5 Å². The molecule has 3 N–H and O–H groups in total. The highest BCUT2D eigenvalue weighted by Gasteiger charge is 2.34. The van der Waals surface area contributed by atoms with Crippen LogP contribution >= 0.6 is 11.3 Å². The van der Waals surface area contributed by atoms with Crippen LogP contribution in [0.3, 0.4) is 0 Å². The van der Waals surface area contributed by atoms with Gasteiger partial charge in [0, 0.05) is 10.6 Å². The van der Waals surface area contributed by atoms with Gasteiger partial charge in [-0.05, 0) is 43.7 Å². The van der Waals surface area contributed by atoms with Crippen LogP contribution in [-0.4, -0.2) is 5.91 Å². The lowest BCUT2D eigenvalue weighted by atomic mass is 10.1. The Balaban J connectivity index is 2.33. The monoisotopic (exact) mass is 314 g/mol. The summed E-state index contributed by atoms with van der Waals surface area (Å²) in [4.78, 5) is 13.4. The van der Waals surface area contributed by atoms with Crippen molar-refractivity contribution in [1.82, 2.24) is 0 Å². The molecular formula is C14H13F3N2OS. The van der Waals surface area contributed by atoms with E-state index < -0.39 is 17.6 Å². The van der Waals surface area contributed by atoms with E-state index in [0.29, 0.717) is 4.88 Å². The molecule has 2 rings (SSSR count). The third kappa shape index (κ3) is 3.36. The number of amides is 1. The second-order valence-corrected chi connectivity index (χ2v) is 5.86. The van der Waals surface area contributed by atoms with Crippen LogP contribution in [-0.2, 0) is 6.18 Å². The van der Waals surface area contributed by atoms with Crippen molar-refractivity contribution in [1.29, 1.82) is 0 Å². The Kier molecular flexibility index (Phi) is 3.95. The van der Waals surface area contributed by atoms with Crippen molar-refractivity contribution in [3.8, 4) is 0 Å². The molecule has 0 unspecified atom stereocenters. The van der Waals surface area contributed by atoms with Crippen LogP contribution in [0.15, 0.2) is 24.3 Å². The standard InChI is InChI=1S/C14H13F3N2OS/c1-7-5-12(21-8(7)2)13(20)19-11-4-3-9(18)6-10(11)14(15,16)17/h3-6H,18H2,1-2H3,(H,19,20). The van der Waals surface area contributed by atoms with E-state index in [2.05, 4.69) is 5.32 Å². The Morgan fingerprint density at radius 1 is 1.24 bits per heavy atom. The van der Waals surface area contributed by atoms with E-state index in [-0.39, 0.29) is 11.4 Å². The maximum atomic E-state index is 12.9. The predicted molar refractivity (Wildman–Crippen MR) is 77.6 cm³/mol. The molecule has 0 saturated carbocycles. The fourth-order valence-corrected chi connectivity index (χ4v) is 2.70. The van der Waals surface area contributed by atoms with Crippen molar-refractivity contribution in [2.24, 2.45) is 0 Å². The number of nitrogen functional groups attached to an aromatic ring is 1. The van der Waals surface area contributed by atoms with Gasteiger partial charge in [0.2, 0.25) is 0 Å². The van der Waals surface area contributed by atoms with Crippen molar-refractivity contribution < 1.29 is 18.0 Å². The number of nitrogens with two attached hydrogens (primary N) is 1. The van der Waals surface area contributed by atoms with Crippen LogP contribution in [0.25, 0.3) is 0 Å². The molecule has 0 spiro atoms. The number of benzene rings is 1. The zero-order chi connectivity index (χ0) is 15.8. The quantitative estimate of drug-likeness (QED) is 0.816. The minimum absolute atomic E-state index is 0.0110. The molecule has 0 fully saturated rings. The summed E-state index contributed by atoms with van der Waals surface area (Å²) in [7, 11) is 0. The molecule has 0 radical (unpaired) electrons. The first-order chi connectivity index (χ1) is 9.68. The van der Waals surface area contributed by atoms with Crippen molar-refractivity contribution in [3.05, 3.63) is 45.1 Å². The number of aryl methyl sites for hydroxylation is 2. The molecular weight excluding hydrogens is 301 g/mol. The number of thiophene rings is 1. The first-order valence-electron chi connectivity index (χ1n) is 6.03. The number of nitrogens with one attached hydrogen (secondary N) is 1. The molecule has 0 atom stereocenters. The molecule has 112 valence electrons. The smallest absolute Gasteiger partial charge is 0.399 e. The van der Waals surface area contributed by atoms with E-state index in [1.165, 1.54) is 17.4 Å². The van der Waals surface area contributed by atoms with Gasteiger partial charge in [0.1, 0.15) is 0 Å². The van der Waals surface area contributed by atoms with Gasteiger partial charge in [-0.15, -0.1) is 11.3 Å². The van der Waals surface area contributed by atoms with E-state index in [0.717, 1.165) is 22.6 Å². The summed E-state index contributed by atoms with van der Waals surface area (Å²) in [5, 5.41) is 2.30. The molecule has 2 aromatic rings. The van der Waals surface area contributed by atoms with Crippen molar-refractivity contribution in [2.75, 3.05) is 11.1 Å². The Labute approximate surface area is 123 Å². The van der Waals surface area contributed by atoms with E-state index in [1.807, 2.05) is 13.8 Å². The number of hydrogen-bond donors (Lipinski definition) is 2. The van der Waals surface area contributed by atoms with Gasteiger partial charge in [-0.1, -0.05) is 0 Å². The highest BCUT2D eigenvalue weighted by molar-refractivity contribution is 7.14. The zero-order valence-corrected chi connectivity index (χ0v) is 12.2. The third-order valence-electron chi connectivity index (χ3n) is 2.99. The topological polar surface area (TPSA) is 55.1 Å². The van der Waals surface area contributed by atoms with Gasteiger partial charge in [0.25, 0.3) is 5.91 Å². The SMILES string of the molecule is Cc1cc(C(=O)Nc2ccc(N)cc2C(F)(F)F)sc1C. The highest BCUT2D eigenvalue weighted by atomic mass is 32.1. The number of halogens is 3. The second-order valence-electron chi connectivity index (χ2n) is 4.61. The Bertz CT molecular complexity index is 673. The van der Waals surface area contributed by atoms with Gasteiger partial charge in [0.15, 0.2) is 0 Å². The van der Waals surface area contributed by atoms with E-state index in [9.17, 15) is 18.0 Å². The number of rotatable bonds is 2. The first-order valence-corrected chi connectivity index (χ1v) is 6.85. The highest BCUT2D eigenvalue weighted by Crippen LogP contribution is 2.36. The number of hydrogen-bond acceptors (Lipinski definition) is 3. The first kappa shape index (κ1) is 15.4. The van der Waals surface area contributed by atoms with Crippen molar-refractivity contribution >= 4 is 28.6 Å². The molecule has 21 heavy (non-hydrogen) atoms. The van der Waals surface area contributed by atoms with E-state index >= 15 is 0 Å². The zero-order valence-electron chi connectivity index (χ0n) is 11.3. The molecule has 1 aromatic heterocycles. The number of anilines is 2. The molecule has 1 amide bonds. The summed E-state index contributed by atoms with van der Waals surface area (Å²) in [5.74, 6) is -0.563. The summed E-state index contributed by atoms with van der Waals surface area (Å²) in [5.41, 5.74) is 5.04. The van der Waals surface area contributed by atoms with E-state index in [4.69, 9.17) is 5.73 Å². The molecule has 0 saturated heterocycles. The maximum absolute atomic E-state index is 12.9. The molecule has 7 heteroatoms. The summed E-state index contributed by atoms with van der Waals surface area (Å²) in [6.07, 6.45) is -4.58. The van der Waals surface area contributed by atoms with Crippen LogP contribution in [0.5, 0.6) is 0 Å². The third-order valence-corrected chi connectivity index (χ3v) is 4.14. The minimum atomic E-state index is -4.58. The fraction of sp³-hybridized carbons (Fsp3) is 0.214. The Hall–Kier alpha value is -2.02. The van der Waals surface area contributed by atoms with Gasteiger partial charge in [-0.3, -0.25) is 4.79 Å². The summed E-state index contributed by atoms with van der Waals surface area (Å²) >= 11 is 1.24. The van der Waals surface area contributed by atoms with Crippen LogP contribution < -0.4 is 11.1 Å². The molecule has 0 aliphatic rings. The van der Waals surface area contributed by atoms with Crippen LogP contribution in [0.1, 0.15) is 25.7 Å². The lowest BCUT2D eigenvalue weighted by molar-refractivity contribution is -0.136. The average Bonchev–Trinajstić information content (AvgIpc) is 2.71. The maximum Gasteiger partial charge on any atom is 0.418 e. The number of carbonyl (C=O) groups excluding carboxylic acids is 1. The Morgan fingerprint density at radius 3 is 2.43 bits per heavy atom. The molecule has 1 aromatic carbocycles. The normalized spacial score (nSPS) is 11.5. The van der Waals surface area contributed by atoms with Crippen molar-refractivity contribution in [2.45, 2.75) is 20.0 Å². The van der Waals surface area contributed by atoms with Gasteiger partial charge >= 0.3 is 6.18 Å². The molecule has 0 aliphatic heterocycles. The Morgan fingerprint density at radius 2 is 1.90 bits per heavy atom. The number of carbonyl (C=O) groups is 1. The van der Waals surface area contributed by atoms with Gasteiger partial charge < -0.3 is 11.1 Å². The van der Waals surface area contributed by atoms with Crippen LogP contribution in [0, 0.1) is 13.8 Å². The van der Waals surface area contributed by atoms with Gasteiger partial charge in [0.05, 0.1) is 16.1 Å². The minimum Gasteiger partial charge on any atom is -0.399 e. The molecule has 3 nitrogen and oxygen atoms in total. The largest absolute Gasteiger partial charge is 0.418 e. The van der Waals surface area contributed by atoms with Gasteiger partial charge in [-0.25, -0.2) is 0 Å². The van der Waals surface area contributed by atoms with Crippen LogP contribution in [0.2, 0.25) is 0 Å². The second kappa shape index (κ2) is 5.40. The lowest BCUT2D eigenvalue weighted by Crippen LogP contribution is -2.16. The van der Waals surface area contributed by atoms with Crippen molar-refractivity contribution in [3.63, 3.8) is 0 Å². The summed E-state index contributed by atoms with van der Waals surface area (Å²) < 4.78 is 38.8. The fourth-order valence-electron chi connectivity index (χ4n) is 1.77. The molecule has 1 heterocycles. The van der Waals surface area contributed by atoms with E-state index in [1.54, 1.807) is 6.07 Å². The summed E-state index contributed by atoms with van der Waals surface area (Å²) in [6.45, 7) is 3.69. The predicted octanol–water partition coefficient (Wildman–Crippen LogP) is 4.22.